The molecule has 0 aliphatic carbocycles. The van der Waals surface area contributed by atoms with Crippen molar-refractivity contribution in [3.63, 3.8) is 0 Å². The lowest BCUT2D eigenvalue weighted by molar-refractivity contribution is 0.0178. The van der Waals surface area contributed by atoms with Gasteiger partial charge in [0.05, 0.1) is 5.60 Å². The Balaban J connectivity index is 1.99. The topological polar surface area (TPSA) is 76.6 Å². The number of nitrogens with zero attached hydrogens (tertiary/aromatic N) is 2. The molecule has 1 amide bonds. The van der Waals surface area contributed by atoms with Gasteiger partial charge >= 0.3 is 0 Å². The largest absolute Gasteiger partial charge is 0.389 e. The smallest absolute Gasteiger partial charge is 0.259 e. The molecule has 2 N–H and O–H groups in total. The van der Waals surface area contributed by atoms with E-state index in [1.54, 1.807) is 25.7 Å². The van der Waals surface area contributed by atoms with Crippen molar-refractivity contribution in [2.75, 3.05) is 32.7 Å². The molecule has 1 aliphatic heterocycles. The van der Waals surface area contributed by atoms with E-state index >= 15 is 0 Å². The normalized spacial score (nSPS) is 17.0. The number of β-amino-alcohol motifs (C(OH)–C–C–N with tert-alkyl or cyclic N) is 1. The maximum atomic E-state index is 12.4. The van der Waals surface area contributed by atoms with Crippen molar-refractivity contribution in [3.8, 4) is 0 Å². The monoisotopic (exact) mass is 293 g/mol. The molecule has 0 saturated carbocycles. The minimum absolute atomic E-state index is 0.191. The van der Waals surface area contributed by atoms with Crippen LogP contribution in [0.2, 0.25) is 0 Å². The Morgan fingerprint density at radius 1 is 1.33 bits per heavy atom. The standard InChI is InChI=1S/C15H23N3O3/c1-11-8-13(19)12(9-16-11)14(20)18-6-4-17(5-7-18)10-15(2,3)21/h8-9,21H,4-7,10H2,1-3H3,(H,16,19). The van der Waals surface area contributed by atoms with Crippen LogP contribution >= 0.6 is 0 Å². The fourth-order valence-electron chi connectivity index (χ4n) is 2.57. The van der Waals surface area contributed by atoms with Crippen molar-refractivity contribution < 1.29 is 9.90 Å². The summed E-state index contributed by atoms with van der Waals surface area (Å²) in [7, 11) is 0. The summed E-state index contributed by atoms with van der Waals surface area (Å²) < 4.78 is 0. The number of aryl methyl sites for hydroxylation is 1. The highest BCUT2D eigenvalue weighted by Crippen LogP contribution is 2.10. The van der Waals surface area contributed by atoms with Crippen LogP contribution in [-0.4, -0.2) is 64.1 Å². The van der Waals surface area contributed by atoms with Gasteiger partial charge in [0.2, 0.25) is 0 Å². The molecule has 0 spiro atoms. The van der Waals surface area contributed by atoms with Gasteiger partial charge in [0, 0.05) is 50.7 Å². The highest BCUT2D eigenvalue weighted by Gasteiger charge is 2.26. The minimum atomic E-state index is -0.736. The molecule has 2 rings (SSSR count). The van der Waals surface area contributed by atoms with Crippen LogP contribution in [0.1, 0.15) is 29.9 Å². The molecule has 2 heterocycles. The number of carbonyl (C=O) groups excluding carboxylic acids is 1. The summed E-state index contributed by atoms with van der Waals surface area (Å²) in [6.45, 7) is 8.47. The van der Waals surface area contributed by atoms with E-state index in [1.807, 2.05) is 0 Å². The van der Waals surface area contributed by atoms with Gasteiger partial charge in [0.1, 0.15) is 5.56 Å². The number of amides is 1. The zero-order valence-corrected chi connectivity index (χ0v) is 12.8. The Bertz CT molecular complexity index is 566. The van der Waals surface area contributed by atoms with Crippen LogP contribution in [0.4, 0.5) is 0 Å². The van der Waals surface area contributed by atoms with Crippen molar-refractivity contribution in [3.05, 3.63) is 33.7 Å². The number of hydrogen-bond donors (Lipinski definition) is 2. The second-order valence-electron chi connectivity index (χ2n) is 6.27. The lowest BCUT2D eigenvalue weighted by Gasteiger charge is -2.37. The summed E-state index contributed by atoms with van der Waals surface area (Å²) in [6.07, 6.45) is 1.49. The Morgan fingerprint density at radius 3 is 2.48 bits per heavy atom. The molecule has 1 aromatic heterocycles. The van der Waals surface area contributed by atoms with Crippen molar-refractivity contribution in [2.24, 2.45) is 0 Å². The average molecular weight is 293 g/mol. The fraction of sp³-hybridized carbons (Fsp3) is 0.600. The molecule has 0 atom stereocenters. The van der Waals surface area contributed by atoms with Gasteiger partial charge in [-0.05, 0) is 20.8 Å². The molecular formula is C15H23N3O3. The number of aromatic amines is 1. The zero-order chi connectivity index (χ0) is 15.6. The molecule has 1 fully saturated rings. The first kappa shape index (κ1) is 15.7. The predicted octanol–water partition coefficient (Wildman–Crippen LogP) is 0.212. The Kier molecular flexibility index (Phi) is 4.49. The van der Waals surface area contributed by atoms with Gasteiger partial charge in [0.15, 0.2) is 5.43 Å². The van der Waals surface area contributed by atoms with E-state index in [4.69, 9.17) is 0 Å². The SMILES string of the molecule is Cc1cc(=O)c(C(=O)N2CCN(CC(C)(C)O)CC2)c[nH]1. The van der Waals surface area contributed by atoms with E-state index < -0.39 is 5.60 Å². The number of aliphatic hydroxyl groups is 1. The number of piperazine rings is 1. The number of pyridine rings is 1. The number of rotatable bonds is 3. The summed E-state index contributed by atoms with van der Waals surface area (Å²) in [5.74, 6) is -0.223. The first-order valence-electron chi connectivity index (χ1n) is 7.19. The molecule has 6 heteroatoms. The molecule has 6 nitrogen and oxygen atoms in total. The van der Waals surface area contributed by atoms with E-state index in [2.05, 4.69) is 9.88 Å². The summed E-state index contributed by atoms with van der Waals surface area (Å²) in [5.41, 5.74) is -0.0430. The van der Waals surface area contributed by atoms with E-state index in [0.717, 1.165) is 5.69 Å². The first-order chi connectivity index (χ1) is 9.76. The first-order valence-corrected chi connectivity index (χ1v) is 7.19. The van der Waals surface area contributed by atoms with Crippen LogP contribution < -0.4 is 5.43 Å². The van der Waals surface area contributed by atoms with E-state index in [-0.39, 0.29) is 16.9 Å². The number of nitrogens with one attached hydrogen (secondary N) is 1. The second kappa shape index (κ2) is 5.99. The van der Waals surface area contributed by atoms with Gasteiger partial charge in [-0.1, -0.05) is 0 Å². The van der Waals surface area contributed by atoms with Gasteiger partial charge in [0.25, 0.3) is 5.91 Å². The second-order valence-corrected chi connectivity index (χ2v) is 6.27. The van der Waals surface area contributed by atoms with Gasteiger partial charge in [-0.2, -0.15) is 0 Å². The van der Waals surface area contributed by atoms with E-state index in [0.29, 0.717) is 32.7 Å². The third-order valence-electron chi connectivity index (χ3n) is 3.56. The summed E-state index contributed by atoms with van der Waals surface area (Å²) in [5, 5.41) is 9.82. The lowest BCUT2D eigenvalue weighted by atomic mass is 10.1. The van der Waals surface area contributed by atoms with Crippen molar-refractivity contribution in [2.45, 2.75) is 26.4 Å². The summed E-state index contributed by atoms with van der Waals surface area (Å²) in [6, 6.07) is 1.44. The molecular weight excluding hydrogens is 270 g/mol. The quantitative estimate of drug-likeness (QED) is 0.835. The molecule has 21 heavy (non-hydrogen) atoms. The lowest BCUT2D eigenvalue weighted by Crippen LogP contribution is -2.52. The average Bonchev–Trinajstić information content (AvgIpc) is 2.37. The van der Waals surface area contributed by atoms with Crippen LogP contribution in [0.3, 0.4) is 0 Å². The molecule has 116 valence electrons. The van der Waals surface area contributed by atoms with Crippen molar-refractivity contribution in [1.29, 1.82) is 0 Å². The third-order valence-corrected chi connectivity index (χ3v) is 3.56. The third kappa shape index (κ3) is 4.15. The maximum Gasteiger partial charge on any atom is 0.259 e. The molecule has 0 bridgehead atoms. The highest BCUT2D eigenvalue weighted by atomic mass is 16.3. The Labute approximate surface area is 124 Å². The van der Waals surface area contributed by atoms with Crippen molar-refractivity contribution in [1.82, 2.24) is 14.8 Å². The molecule has 1 saturated heterocycles. The van der Waals surface area contributed by atoms with E-state index in [1.165, 1.54) is 12.3 Å². The zero-order valence-electron chi connectivity index (χ0n) is 12.8. The Morgan fingerprint density at radius 2 is 1.95 bits per heavy atom. The van der Waals surface area contributed by atoms with Crippen LogP contribution in [0.15, 0.2) is 17.1 Å². The predicted molar refractivity (Wildman–Crippen MR) is 80.4 cm³/mol. The summed E-state index contributed by atoms with van der Waals surface area (Å²) >= 11 is 0. The molecule has 1 aromatic rings. The molecule has 1 aliphatic rings. The van der Waals surface area contributed by atoms with Gasteiger partial charge in [-0.25, -0.2) is 0 Å². The minimum Gasteiger partial charge on any atom is -0.389 e. The summed E-state index contributed by atoms with van der Waals surface area (Å²) in [4.78, 5) is 31.0. The fourth-order valence-corrected chi connectivity index (χ4v) is 2.57. The highest BCUT2D eigenvalue weighted by molar-refractivity contribution is 5.93. The van der Waals surface area contributed by atoms with Crippen LogP contribution in [0.25, 0.3) is 0 Å². The number of H-pyrrole nitrogens is 1. The van der Waals surface area contributed by atoms with Crippen LogP contribution in [-0.2, 0) is 0 Å². The van der Waals surface area contributed by atoms with Crippen LogP contribution in [0, 0.1) is 6.92 Å². The number of aromatic nitrogens is 1. The van der Waals surface area contributed by atoms with E-state index in [9.17, 15) is 14.7 Å². The number of hydrogen-bond acceptors (Lipinski definition) is 4. The Hall–Kier alpha value is -1.66. The van der Waals surface area contributed by atoms with Gasteiger partial charge in [-0.3, -0.25) is 14.5 Å². The van der Waals surface area contributed by atoms with Crippen LogP contribution in [0.5, 0.6) is 0 Å². The molecule has 0 aromatic carbocycles. The molecule has 0 radical (unpaired) electrons. The number of carbonyl (C=O) groups is 1. The van der Waals surface area contributed by atoms with Crippen molar-refractivity contribution >= 4 is 5.91 Å². The maximum absolute atomic E-state index is 12.4. The van der Waals surface area contributed by atoms with Gasteiger partial charge < -0.3 is 15.0 Å². The van der Waals surface area contributed by atoms with Gasteiger partial charge in [-0.15, -0.1) is 0 Å². The molecule has 0 unspecified atom stereocenters.